The van der Waals surface area contributed by atoms with E-state index in [1.807, 2.05) is 0 Å². The zero-order chi connectivity index (χ0) is 6.28. The third-order valence-corrected chi connectivity index (χ3v) is 0. The molecular formula is C2H7ClN4S. The van der Waals surface area contributed by atoms with Gasteiger partial charge in [0.15, 0.2) is 0 Å². The van der Waals surface area contributed by atoms with Crippen molar-refractivity contribution < 1.29 is 5.41 Å². The number of halogens is 1. The standard InChI is InChI=1S/CH5N3.CHNS.ClH/c2-1(3)4;2-1-3;/h(H5,2,3,4);3H;1H. The SMILES string of the molecule is Cl.N#C[S-].NC(N)=[NH2+]. The number of thiocyanates is 1. The monoisotopic (exact) mass is 154 g/mol. The maximum Gasteiger partial charge on any atom is 0.336 e. The Hall–Kier alpha value is -0.730. The van der Waals surface area contributed by atoms with E-state index < -0.39 is 0 Å². The highest BCUT2D eigenvalue weighted by atomic mass is 35.5. The first-order valence-corrected chi connectivity index (χ1v) is 1.70. The summed E-state index contributed by atoms with van der Waals surface area (Å²) in [5.74, 6) is -0.0833. The van der Waals surface area contributed by atoms with Gasteiger partial charge in [-0.05, 0) is 0 Å². The molecule has 0 radical (unpaired) electrons. The molecule has 0 aromatic carbocycles. The Labute approximate surface area is 59.2 Å². The van der Waals surface area contributed by atoms with Gasteiger partial charge < -0.3 is 12.6 Å². The molecule has 0 aliphatic carbocycles. The highest BCUT2D eigenvalue weighted by molar-refractivity contribution is 7.64. The highest BCUT2D eigenvalue weighted by Crippen LogP contribution is 1.16. The molecule has 0 aliphatic rings. The smallest absolute Gasteiger partial charge is 0.336 e. The van der Waals surface area contributed by atoms with Crippen LogP contribution in [0.3, 0.4) is 0 Å². The molecular weight excluding hydrogens is 148 g/mol. The average Bonchev–Trinajstić information content (AvgIpc) is 1.33. The van der Waals surface area contributed by atoms with Crippen LogP contribution in [-0.4, -0.2) is 5.96 Å². The topological polar surface area (TPSA) is 101 Å². The van der Waals surface area contributed by atoms with Gasteiger partial charge in [-0.15, -0.1) is 12.4 Å². The van der Waals surface area contributed by atoms with Gasteiger partial charge in [0.2, 0.25) is 0 Å². The maximum absolute atomic E-state index is 7.13. The van der Waals surface area contributed by atoms with Crippen LogP contribution in [0, 0.1) is 10.7 Å². The molecule has 4 nitrogen and oxygen atoms in total. The van der Waals surface area contributed by atoms with E-state index in [1.165, 1.54) is 5.40 Å². The molecule has 0 saturated heterocycles. The van der Waals surface area contributed by atoms with Crippen LogP contribution in [0.4, 0.5) is 0 Å². The molecule has 6 N–H and O–H groups in total. The van der Waals surface area contributed by atoms with E-state index in [0.717, 1.165) is 0 Å². The summed E-state index contributed by atoms with van der Waals surface area (Å²) in [4.78, 5) is 0. The number of hydrogen-bond donors (Lipinski definition) is 3. The maximum atomic E-state index is 7.13. The Morgan fingerprint density at radius 2 is 1.62 bits per heavy atom. The van der Waals surface area contributed by atoms with Crippen LogP contribution < -0.4 is 16.9 Å². The lowest BCUT2D eigenvalue weighted by molar-refractivity contribution is -0.116. The summed E-state index contributed by atoms with van der Waals surface area (Å²) >= 11 is 3.70. The minimum Gasteiger partial charge on any atom is -0.696 e. The number of rotatable bonds is 0. The second kappa shape index (κ2) is 16.3. The fourth-order valence-corrected chi connectivity index (χ4v) is 0. The molecule has 0 unspecified atom stereocenters. The second-order valence-electron chi connectivity index (χ2n) is 0.591. The van der Waals surface area contributed by atoms with Crippen LogP contribution in [0.2, 0.25) is 0 Å². The molecule has 0 amide bonds. The molecule has 6 heteroatoms. The second-order valence-corrected chi connectivity index (χ2v) is 0.774. The third-order valence-electron chi connectivity index (χ3n) is 0. The van der Waals surface area contributed by atoms with Gasteiger partial charge in [0.25, 0.3) is 0 Å². The molecule has 0 aromatic rings. The van der Waals surface area contributed by atoms with Crippen LogP contribution in [0.25, 0.3) is 0 Å². The number of nitriles is 1. The van der Waals surface area contributed by atoms with Crippen LogP contribution in [0.15, 0.2) is 0 Å². The predicted octanol–water partition coefficient (Wildman–Crippen LogP) is -2.54. The van der Waals surface area contributed by atoms with Crippen molar-refractivity contribution >= 4 is 31.0 Å². The van der Waals surface area contributed by atoms with Gasteiger partial charge in [-0.1, -0.05) is 5.40 Å². The third kappa shape index (κ3) is 180. The summed E-state index contributed by atoms with van der Waals surface area (Å²) in [6.45, 7) is 0. The summed E-state index contributed by atoms with van der Waals surface area (Å²) in [6, 6.07) is 0. The molecule has 0 bridgehead atoms. The average molecular weight is 155 g/mol. The lowest BCUT2D eigenvalue weighted by Gasteiger charge is -1.59. The van der Waals surface area contributed by atoms with E-state index in [2.05, 4.69) is 29.5 Å². The van der Waals surface area contributed by atoms with E-state index in [9.17, 15) is 0 Å². The van der Waals surface area contributed by atoms with Crippen LogP contribution in [0.1, 0.15) is 0 Å². The first-order chi connectivity index (χ1) is 3.15. The Morgan fingerprint density at radius 3 is 1.62 bits per heavy atom. The van der Waals surface area contributed by atoms with E-state index >= 15 is 0 Å². The summed E-state index contributed by atoms with van der Waals surface area (Å²) < 4.78 is 0. The predicted molar refractivity (Wildman–Crippen MR) is 35.5 cm³/mol. The van der Waals surface area contributed by atoms with Crippen molar-refractivity contribution in [2.24, 2.45) is 11.5 Å². The molecule has 8 heavy (non-hydrogen) atoms. The highest BCUT2D eigenvalue weighted by Gasteiger charge is 1.64. The van der Waals surface area contributed by atoms with Gasteiger partial charge in [-0.2, -0.15) is 0 Å². The molecule has 0 fully saturated rings. The van der Waals surface area contributed by atoms with Gasteiger partial charge in [-0.3, -0.25) is 16.9 Å². The fraction of sp³-hybridized carbons (Fsp3) is 0. The zero-order valence-corrected chi connectivity index (χ0v) is 5.63. The first kappa shape index (κ1) is 15.7. The van der Waals surface area contributed by atoms with Crippen molar-refractivity contribution in [3.8, 4) is 5.40 Å². The molecule has 48 valence electrons. The number of hydrogen-bond acceptors (Lipinski definition) is 2. The van der Waals surface area contributed by atoms with Crippen molar-refractivity contribution in [3.63, 3.8) is 0 Å². The Kier molecular flexibility index (Phi) is 31.9. The number of nitrogens with two attached hydrogens (primary N) is 3. The molecule has 0 saturated carbocycles. The van der Waals surface area contributed by atoms with E-state index in [-0.39, 0.29) is 18.4 Å². The Balaban J connectivity index is -0.0000000575. The minimum atomic E-state index is -0.0833. The molecule has 0 atom stereocenters. The number of guanidine groups is 1. The van der Waals surface area contributed by atoms with Gasteiger partial charge >= 0.3 is 5.96 Å². The van der Waals surface area contributed by atoms with E-state index in [4.69, 9.17) is 5.26 Å². The van der Waals surface area contributed by atoms with Gasteiger partial charge in [0.05, 0.1) is 0 Å². The summed E-state index contributed by atoms with van der Waals surface area (Å²) in [7, 11) is 0. The quantitative estimate of drug-likeness (QED) is 0.155. The van der Waals surface area contributed by atoms with Crippen molar-refractivity contribution in [2.75, 3.05) is 0 Å². The summed E-state index contributed by atoms with van der Waals surface area (Å²) in [5, 5.41) is 13.1. The molecule has 0 aromatic heterocycles. The van der Waals surface area contributed by atoms with Crippen molar-refractivity contribution in [1.29, 1.82) is 5.26 Å². The van der Waals surface area contributed by atoms with Crippen molar-refractivity contribution in [2.45, 2.75) is 0 Å². The Bertz CT molecular complexity index is 82.5. The van der Waals surface area contributed by atoms with Gasteiger partial charge in [-0.25, -0.2) is 5.26 Å². The molecule has 0 heterocycles. The van der Waals surface area contributed by atoms with Crippen LogP contribution in [-0.2, 0) is 12.6 Å². The summed E-state index contributed by atoms with van der Waals surface area (Å²) in [5.41, 5.74) is 9.17. The van der Waals surface area contributed by atoms with Crippen molar-refractivity contribution in [1.82, 2.24) is 0 Å². The van der Waals surface area contributed by atoms with Gasteiger partial charge in [0.1, 0.15) is 0 Å². The lowest BCUT2D eigenvalue weighted by atomic mass is 11.1. The van der Waals surface area contributed by atoms with Crippen LogP contribution in [0.5, 0.6) is 0 Å². The normalized spacial score (nSPS) is 3.88. The largest absolute Gasteiger partial charge is 0.696 e. The Morgan fingerprint density at radius 1 is 1.62 bits per heavy atom. The minimum absolute atomic E-state index is 0. The number of nitrogens with zero attached hydrogens (tertiary/aromatic N) is 1. The lowest BCUT2D eigenvalue weighted by Crippen LogP contribution is -2.51. The summed E-state index contributed by atoms with van der Waals surface area (Å²) in [6.07, 6.45) is 0. The van der Waals surface area contributed by atoms with Crippen LogP contribution >= 0.6 is 12.4 Å². The molecule has 0 spiro atoms. The molecule has 0 rings (SSSR count). The van der Waals surface area contributed by atoms with Gasteiger partial charge in [0, 0.05) is 0 Å². The molecule has 0 aliphatic heterocycles. The van der Waals surface area contributed by atoms with E-state index in [0.29, 0.717) is 0 Å². The first-order valence-electron chi connectivity index (χ1n) is 1.29. The van der Waals surface area contributed by atoms with Crippen molar-refractivity contribution in [3.05, 3.63) is 0 Å². The zero-order valence-electron chi connectivity index (χ0n) is 4.00. The van der Waals surface area contributed by atoms with E-state index in [1.54, 1.807) is 0 Å². The fourth-order valence-electron chi connectivity index (χ4n) is 0.